The zero-order valence-corrected chi connectivity index (χ0v) is 17.7. The van der Waals surface area contributed by atoms with Crippen LogP contribution in [0, 0.1) is 17.5 Å². The van der Waals surface area contributed by atoms with Crippen molar-refractivity contribution in [2.45, 2.75) is 50.3 Å². The lowest BCUT2D eigenvalue weighted by molar-refractivity contribution is -0.177. The van der Waals surface area contributed by atoms with E-state index in [1.165, 1.54) is 18.2 Å². The molecule has 4 atom stereocenters. The summed E-state index contributed by atoms with van der Waals surface area (Å²) in [6.07, 6.45) is 1.81. The Kier molecular flexibility index (Phi) is 5.32. The molecule has 2 saturated heterocycles. The van der Waals surface area contributed by atoms with Gasteiger partial charge in [-0.2, -0.15) is 0 Å². The van der Waals surface area contributed by atoms with Gasteiger partial charge >= 0.3 is 0 Å². The fraction of sp³-hybridized carbons (Fsp3) is 0.455. The van der Waals surface area contributed by atoms with Crippen LogP contribution in [0.2, 0.25) is 0 Å². The van der Waals surface area contributed by atoms with E-state index in [9.17, 15) is 27.9 Å². The molecule has 3 unspecified atom stereocenters. The van der Waals surface area contributed by atoms with Crippen LogP contribution in [0.5, 0.6) is 0 Å². The number of carbonyl (C=O) groups excluding carboxylic acids is 2. The molecular formula is C22H22F3N3O5. The average Bonchev–Trinajstić information content (AvgIpc) is 3.13. The summed E-state index contributed by atoms with van der Waals surface area (Å²) in [4.78, 5) is 29.3. The lowest BCUT2D eigenvalue weighted by atomic mass is 9.98. The first kappa shape index (κ1) is 21.8. The number of carbonyl (C=O) groups is 2. The summed E-state index contributed by atoms with van der Waals surface area (Å²) in [5.41, 5.74) is -0.561. The predicted molar refractivity (Wildman–Crippen MR) is 106 cm³/mol. The lowest BCUT2D eigenvalue weighted by Crippen LogP contribution is -2.61. The lowest BCUT2D eigenvalue weighted by Gasteiger charge is -2.48. The number of amides is 2. The second kappa shape index (κ2) is 8.07. The molecule has 1 aromatic carbocycles. The highest BCUT2D eigenvalue weighted by Gasteiger charge is 2.51. The Bertz CT molecular complexity index is 1070. The van der Waals surface area contributed by atoms with Crippen LogP contribution in [0.15, 0.2) is 35.4 Å². The zero-order chi connectivity index (χ0) is 23.4. The second-order valence-corrected chi connectivity index (χ2v) is 8.48. The number of nitrogens with one attached hydrogen (secondary N) is 1. The van der Waals surface area contributed by atoms with Crippen molar-refractivity contribution in [2.75, 3.05) is 13.7 Å². The number of hydrogen-bond donors (Lipinski definition) is 2. The summed E-state index contributed by atoms with van der Waals surface area (Å²) in [5, 5.41) is 13.1. The summed E-state index contributed by atoms with van der Waals surface area (Å²) >= 11 is 0. The zero-order valence-electron chi connectivity index (χ0n) is 17.7. The molecule has 2 amide bonds. The molecule has 0 aromatic heterocycles. The van der Waals surface area contributed by atoms with Gasteiger partial charge in [0.1, 0.15) is 29.3 Å². The number of aliphatic hydroxyl groups is 1. The minimum Gasteiger partial charge on any atom is -0.496 e. The maximum absolute atomic E-state index is 13.9. The number of aliphatic hydroxyl groups excluding tert-OH is 1. The maximum atomic E-state index is 13.9. The smallest absolute Gasteiger partial charge is 0.276 e. The number of fused-ring (bicyclic) bond motifs is 5. The number of halogens is 3. The van der Waals surface area contributed by atoms with Gasteiger partial charge in [0.15, 0.2) is 12.0 Å². The van der Waals surface area contributed by atoms with Crippen molar-refractivity contribution < 1.29 is 37.3 Å². The van der Waals surface area contributed by atoms with Gasteiger partial charge in [-0.05, 0) is 19.3 Å². The molecule has 11 heteroatoms. The highest BCUT2D eigenvalue weighted by Crippen LogP contribution is 2.40. The normalized spacial score (nSPS) is 28.4. The van der Waals surface area contributed by atoms with Crippen molar-refractivity contribution in [1.29, 1.82) is 0 Å². The average molecular weight is 465 g/mol. The Hall–Kier alpha value is -3.05. The first-order valence-corrected chi connectivity index (χ1v) is 10.6. The number of methoxy groups -OCH3 is 1. The Labute approximate surface area is 187 Å². The number of piperazine rings is 1. The van der Waals surface area contributed by atoms with E-state index in [0.717, 1.165) is 19.3 Å². The van der Waals surface area contributed by atoms with E-state index >= 15 is 0 Å². The van der Waals surface area contributed by atoms with Crippen molar-refractivity contribution in [1.82, 2.24) is 15.1 Å². The van der Waals surface area contributed by atoms with Crippen LogP contribution in [0.25, 0.3) is 0 Å². The molecule has 1 aromatic rings. The van der Waals surface area contributed by atoms with E-state index in [2.05, 4.69) is 5.32 Å². The highest BCUT2D eigenvalue weighted by atomic mass is 19.1. The molecule has 5 rings (SSSR count). The molecule has 3 aliphatic heterocycles. The van der Waals surface area contributed by atoms with Crippen LogP contribution in [0.4, 0.5) is 13.2 Å². The van der Waals surface area contributed by atoms with Gasteiger partial charge in [0.05, 0.1) is 25.3 Å². The summed E-state index contributed by atoms with van der Waals surface area (Å²) < 4.78 is 52.3. The van der Waals surface area contributed by atoms with Gasteiger partial charge in [0, 0.05) is 36.5 Å². The topological polar surface area (TPSA) is 91.3 Å². The molecule has 0 spiro atoms. The Morgan fingerprint density at radius 2 is 2.00 bits per heavy atom. The van der Waals surface area contributed by atoms with Crippen LogP contribution in [0.3, 0.4) is 0 Å². The fourth-order valence-electron chi connectivity index (χ4n) is 5.03. The van der Waals surface area contributed by atoms with Crippen LogP contribution in [-0.2, 0) is 25.6 Å². The van der Waals surface area contributed by atoms with Gasteiger partial charge in [0.25, 0.3) is 11.8 Å². The molecule has 3 heterocycles. The molecule has 1 aliphatic carbocycles. The van der Waals surface area contributed by atoms with Crippen LogP contribution in [0.1, 0.15) is 24.8 Å². The van der Waals surface area contributed by atoms with E-state index in [1.54, 1.807) is 4.90 Å². The second-order valence-electron chi connectivity index (χ2n) is 8.48. The van der Waals surface area contributed by atoms with Crippen LogP contribution >= 0.6 is 0 Å². The summed E-state index contributed by atoms with van der Waals surface area (Å²) in [5.74, 6) is -4.62. The molecule has 1 saturated carbocycles. The summed E-state index contributed by atoms with van der Waals surface area (Å²) in [6.45, 7) is -0.326. The molecular weight excluding hydrogens is 443 g/mol. The first-order valence-electron chi connectivity index (χ1n) is 10.6. The molecule has 0 radical (unpaired) electrons. The van der Waals surface area contributed by atoms with Gasteiger partial charge in [-0.3, -0.25) is 9.59 Å². The Morgan fingerprint density at radius 1 is 1.27 bits per heavy atom. The standard InChI is InChI=1S/C22H22F3N3O5/c1-32-20-18-22(31)28-11-2-3-12(6-11)33-17(28)9-27(18)8-14(19(20)29)21(30)26-7-13-15(24)4-10(23)5-16(13)25/h4-5,8,11-12,17,19,29H,2-3,6-7,9H2,1H3,(H,26,30)/t11?,12?,17-,19?/m1/s1. The Balaban J connectivity index is 1.39. The monoisotopic (exact) mass is 465 g/mol. The third-order valence-electron chi connectivity index (χ3n) is 6.57. The minimum absolute atomic E-state index is 0.0559. The molecule has 2 bridgehead atoms. The molecule has 176 valence electrons. The number of hydrogen-bond acceptors (Lipinski definition) is 6. The minimum atomic E-state index is -1.56. The van der Waals surface area contributed by atoms with Gasteiger partial charge in [0.2, 0.25) is 0 Å². The van der Waals surface area contributed by atoms with Crippen molar-refractivity contribution in [3.63, 3.8) is 0 Å². The number of benzene rings is 1. The maximum Gasteiger partial charge on any atom is 0.276 e. The summed E-state index contributed by atoms with van der Waals surface area (Å²) in [6, 6.07) is 1.08. The largest absolute Gasteiger partial charge is 0.496 e. The van der Waals surface area contributed by atoms with Crippen LogP contribution in [-0.4, -0.2) is 64.9 Å². The van der Waals surface area contributed by atoms with E-state index in [0.29, 0.717) is 12.1 Å². The molecule has 3 fully saturated rings. The molecule has 8 nitrogen and oxygen atoms in total. The van der Waals surface area contributed by atoms with E-state index < -0.39 is 47.8 Å². The molecule has 4 aliphatic rings. The van der Waals surface area contributed by atoms with Gasteiger partial charge in [-0.15, -0.1) is 0 Å². The predicted octanol–water partition coefficient (Wildman–Crippen LogP) is 1.26. The van der Waals surface area contributed by atoms with Crippen molar-refractivity contribution >= 4 is 11.8 Å². The van der Waals surface area contributed by atoms with E-state index in [1.807, 2.05) is 0 Å². The summed E-state index contributed by atoms with van der Waals surface area (Å²) in [7, 11) is 1.28. The first-order chi connectivity index (χ1) is 15.8. The van der Waals surface area contributed by atoms with Crippen molar-refractivity contribution in [2.24, 2.45) is 0 Å². The SMILES string of the molecule is COC1=C2C(=O)N3C4CCC(C4)O[C@@H]3CN2C=C(C(=O)NCc2c(F)cc(F)cc2F)C1O. The number of rotatable bonds is 4. The van der Waals surface area contributed by atoms with Gasteiger partial charge in [-0.25, -0.2) is 13.2 Å². The molecule has 2 N–H and O–H groups in total. The number of nitrogens with zero attached hydrogens (tertiary/aromatic N) is 2. The Morgan fingerprint density at radius 3 is 2.70 bits per heavy atom. The van der Waals surface area contributed by atoms with E-state index in [-0.39, 0.29) is 41.6 Å². The van der Waals surface area contributed by atoms with Crippen LogP contribution < -0.4 is 5.32 Å². The third-order valence-corrected chi connectivity index (χ3v) is 6.57. The third kappa shape index (κ3) is 3.55. The highest BCUT2D eigenvalue weighted by molar-refractivity contribution is 5.99. The van der Waals surface area contributed by atoms with Gasteiger partial charge in [-0.1, -0.05) is 0 Å². The van der Waals surface area contributed by atoms with Crippen molar-refractivity contribution in [3.05, 3.63) is 58.4 Å². The fourth-order valence-corrected chi connectivity index (χ4v) is 5.03. The van der Waals surface area contributed by atoms with Crippen molar-refractivity contribution in [3.8, 4) is 0 Å². The quantitative estimate of drug-likeness (QED) is 0.696. The van der Waals surface area contributed by atoms with E-state index in [4.69, 9.17) is 9.47 Å². The number of ether oxygens (including phenoxy) is 2. The molecule has 33 heavy (non-hydrogen) atoms. The van der Waals surface area contributed by atoms with Gasteiger partial charge < -0.3 is 29.7 Å².